The molecule has 2 heterocycles. The Labute approximate surface area is 373 Å². The SMILES string of the molecule is CC[C@H](C)[C@H](NC(=O)[C@H](C)NC(=O)[C@@H](CC(C)C)N1C[C@@H](OCc2ccccc2)[C@@H](O)[C@H](NC(=O)[C@H](CC(N)=O)NC(=O)[C@H](Cc2ccccc2)NC(=O)[C@@H]2CCCN2)C1=O)C(=O)O. The topological polar surface area (TPSA) is 288 Å². The molecule has 0 aromatic heterocycles. The highest BCUT2D eigenvalue weighted by atomic mass is 16.5. The molecule has 2 aromatic rings. The molecule has 0 bridgehead atoms. The van der Waals surface area contributed by atoms with E-state index in [9.17, 15) is 48.6 Å². The second-order valence-corrected chi connectivity index (χ2v) is 17.0. The average Bonchev–Trinajstić information content (AvgIpc) is 3.81. The van der Waals surface area contributed by atoms with Gasteiger partial charge in [0.05, 0.1) is 25.6 Å². The van der Waals surface area contributed by atoms with Crippen LogP contribution in [0.15, 0.2) is 60.7 Å². The van der Waals surface area contributed by atoms with Crippen molar-refractivity contribution in [3.05, 3.63) is 71.8 Å². The molecule has 350 valence electrons. The van der Waals surface area contributed by atoms with E-state index >= 15 is 0 Å². The van der Waals surface area contributed by atoms with Gasteiger partial charge in [-0.15, -0.1) is 0 Å². The first-order chi connectivity index (χ1) is 30.4. The third-order valence-electron chi connectivity index (χ3n) is 11.5. The van der Waals surface area contributed by atoms with Crippen LogP contribution in [0.5, 0.6) is 0 Å². The molecule has 0 unspecified atom stereocenters. The molecule has 2 fully saturated rings. The van der Waals surface area contributed by atoms with Crippen LogP contribution in [-0.4, -0.2) is 130 Å². The number of carbonyl (C=O) groups excluding carboxylic acids is 7. The van der Waals surface area contributed by atoms with Gasteiger partial charge in [0, 0.05) is 6.42 Å². The average molecular weight is 893 g/mol. The largest absolute Gasteiger partial charge is 0.480 e. The monoisotopic (exact) mass is 892 g/mol. The summed E-state index contributed by atoms with van der Waals surface area (Å²) in [5.74, 6) is -7.57. The van der Waals surface area contributed by atoms with E-state index in [4.69, 9.17) is 10.5 Å². The standard InChI is InChI=1S/C45H64N8O11/c1-6-26(4)36(45(62)63)51-39(56)27(5)48-43(60)33(20-25(2)3)53-23-34(64-24-29-16-11-8-12-17-29)38(55)37(44(53)61)52-42(59)32(22-35(46)54)50-41(58)31(21-28-14-9-7-10-15-28)49-40(57)30-18-13-19-47-30/h7-12,14-17,25-27,30-34,36-38,47,55H,6,13,18-24H2,1-5H3,(H2,46,54)(H,48,60)(H,49,57)(H,50,58)(H,51,56)(H,52,59)(H,62,63)/t26-,27-,30-,31-,32-,33+,34+,36-,37-,38+/m0/s1. The molecular formula is C45H64N8O11. The zero-order valence-electron chi connectivity index (χ0n) is 37.1. The Hall–Kier alpha value is -5.92. The van der Waals surface area contributed by atoms with Crippen molar-refractivity contribution in [3.8, 4) is 0 Å². The maximum Gasteiger partial charge on any atom is 0.326 e. The first-order valence-electron chi connectivity index (χ1n) is 21.8. The number of nitrogens with one attached hydrogen (secondary N) is 6. The Balaban J connectivity index is 1.62. The number of carboxylic acid groups (broad SMARTS) is 1. The van der Waals surface area contributed by atoms with Crippen molar-refractivity contribution < 1.29 is 53.3 Å². The number of ether oxygens (including phenoxy) is 1. The number of hydrogen-bond acceptors (Lipinski definition) is 11. The van der Waals surface area contributed by atoms with Gasteiger partial charge in [0.25, 0.3) is 0 Å². The number of carbonyl (C=O) groups is 8. The van der Waals surface area contributed by atoms with Crippen LogP contribution in [0, 0.1) is 11.8 Å². The summed E-state index contributed by atoms with van der Waals surface area (Å²) in [5, 5.41) is 37.4. The number of aliphatic hydroxyl groups excluding tert-OH is 1. The van der Waals surface area contributed by atoms with Gasteiger partial charge in [0.15, 0.2) is 0 Å². The van der Waals surface area contributed by atoms with E-state index in [2.05, 4.69) is 31.9 Å². The van der Waals surface area contributed by atoms with Crippen molar-refractivity contribution in [2.75, 3.05) is 13.1 Å². The summed E-state index contributed by atoms with van der Waals surface area (Å²) in [5.41, 5.74) is 6.96. The van der Waals surface area contributed by atoms with E-state index in [1.165, 1.54) is 6.92 Å². The maximum absolute atomic E-state index is 14.5. The van der Waals surface area contributed by atoms with Gasteiger partial charge in [0.2, 0.25) is 41.4 Å². The summed E-state index contributed by atoms with van der Waals surface area (Å²) in [6.45, 7) is 8.71. The predicted octanol–water partition coefficient (Wildman–Crippen LogP) is -0.366. The number of amides is 7. The molecule has 0 saturated carbocycles. The summed E-state index contributed by atoms with van der Waals surface area (Å²) in [4.78, 5) is 109. The van der Waals surface area contributed by atoms with Gasteiger partial charge in [0.1, 0.15) is 48.5 Å². The molecular weight excluding hydrogens is 829 g/mol. The molecule has 2 aliphatic rings. The minimum absolute atomic E-state index is 0.0306. The highest BCUT2D eigenvalue weighted by molar-refractivity contribution is 5.99. The quantitative estimate of drug-likeness (QED) is 0.0692. The Morgan fingerprint density at radius 3 is 2.05 bits per heavy atom. The minimum atomic E-state index is -1.78. The lowest BCUT2D eigenvalue weighted by atomic mass is 9.93. The van der Waals surface area contributed by atoms with Crippen molar-refractivity contribution in [2.45, 2.75) is 134 Å². The predicted molar refractivity (Wildman–Crippen MR) is 233 cm³/mol. The molecule has 4 rings (SSSR count). The lowest BCUT2D eigenvalue weighted by molar-refractivity contribution is -0.165. The molecule has 10 N–H and O–H groups in total. The van der Waals surface area contributed by atoms with Crippen molar-refractivity contribution in [2.24, 2.45) is 17.6 Å². The van der Waals surface area contributed by atoms with Crippen LogP contribution in [0.1, 0.15) is 77.8 Å². The van der Waals surface area contributed by atoms with Gasteiger partial charge in [-0.25, -0.2) is 4.79 Å². The number of benzene rings is 2. The highest BCUT2D eigenvalue weighted by Crippen LogP contribution is 2.24. The maximum atomic E-state index is 14.5. The first kappa shape index (κ1) is 50.7. The zero-order valence-corrected chi connectivity index (χ0v) is 37.1. The van der Waals surface area contributed by atoms with Crippen LogP contribution < -0.4 is 37.6 Å². The molecule has 10 atom stereocenters. The van der Waals surface area contributed by atoms with E-state index in [1.807, 2.05) is 0 Å². The number of nitrogens with two attached hydrogens (primary N) is 1. The zero-order chi connectivity index (χ0) is 47.1. The van der Waals surface area contributed by atoms with Gasteiger partial charge >= 0.3 is 5.97 Å². The van der Waals surface area contributed by atoms with Crippen LogP contribution >= 0.6 is 0 Å². The smallest absolute Gasteiger partial charge is 0.326 e. The van der Waals surface area contributed by atoms with E-state index in [0.717, 1.165) is 16.9 Å². The fraction of sp³-hybridized carbons (Fsp3) is 0.556. The summed E-state index contributed by atoms with van der Waals surface area (Å²) in [6, 6.07) is 8.86. The highest BCUT2D eigenvalue weighted by Gasteiger charge is 2.48. The minimum Gasteiger partial charge on any atom is -0.480 e. The van der Waals surface area contributed by atoms with Crippen LogP contribution in [0.25, 0.3) is 0 Å². The van der Waals surface area contributed by atoms with Crippen LogP contribution in [0.2, 0.25) is 0 Å². The summed E-state index contributed by atoms with van der Waals surface area (Å²) < 4.78 is 6.15. The number of rotatable bonds is 23. The van der Waals surface area contributed by atoms with Gasteiger partial charge in [-0.3, -0.25) is 33.6 Å². The van der Waals surface area contributed by atoms with E-state index in [-0.39, 0.29) is 31.9 Å². The van der Waals surface area contributed by atoms with E-state index in [1.54, 1.807) is 88.4 Å². The van der Waals surface area contributed by atoms with Crippen molar-refractivity contribution in [1.29, 1.82) is 0 Å². The van der Waals surface area contributed by atoms with E-state index < -0.39 is 114 Å². The van der Waals surface area contributed by atoms with Crippen molar-refractivity contribution >= 4 is 47.3 Å². The lowest BCUT2D eigenvalue weighted by Crippen LogP contribution is -2.69. The van der Waals surface area contributed by atoms with Gasteiger partial charge in [-0.1, -0.05) is 94.8 Å². The third kappa shape index (κ3) is 14.6. The number of likely N-dealkylation sites (tertiary alicyclic amines) is 1. The fourth-order valence-corrected chi connectivity index (χ4v) is 7.62. The molecule has 2 aliphatic heterocycles. The van der Waals surface area contributed by atoms with E-state index in [0.29, 0.717) is 24.9 Å². The summed E-state index contributed by atoms with van der Waals surface area (Å²) in [6.07, 6.45) is -1.74. The molecule has 0 radical (unpaired) electrons. The lowest BCUT2D eigenvalue weighted by Gasteiger charge is -2.44. The van der Waals surface area contributed by atoms with Crippen molar-refractivity contribution in [1.82, 2.24) is 36.8 Å². The number of carboxylic acids is 1. The second-order valence-electron chi connectivity index (χ2n) is 17.0. The Bertz CT molecular complexity index is 1930. The van der Waals surface area contributed by atoms with Crippen LogP contribution in [-0.2, 0) is 56.1 Å². The number of aliphatic carboxylic acids is 1. The van der Waals surface area contributed by atoms with Crippen LogP contribution in [0.3, 0.4) is 0 Å². The molecule has 64 heavy (non-hydrogen) atoms. The number of piperidine rings is 1. The molecule has 19 nitrogen and oxygen atoms in total. The van der Waals surface area contributed by atoms with Gasteiger partial charge in [-0.05, 0) is 55.7 Å². The molecule has 0 spiro atoms. The molecule has 0 aliphatic carbocycles. The number of hydrogen-bond donors (Lipinski definition) is 9. The number of primary amides is 1. The summed E-state index contributed by atoms with van der Waals surface area (Å²) in [7, 11) is 0. The Morgan fingerprint density at radius 1 is 0.844 bits per heavy atom. The normalized spacial score (nSPS) is 21.4. The number of aliphatic hydroxyl groups is 1. The number of nitrogens with zero attached hydrogens (tertiary/aromatic N) is 1. The molecule has 2 saturated heterocycles. The molecule has 2 aromatic carbocycles. The molecule has 19 heteroatoms. The second kappa shape index (κ2) is 24.2. The third-order valence-corrected chi connectivity index (χ3v) is 11.5. The van der Waals surface area contributed by atoms with Gasteiger partial charge < -0.3 is 57.5 Å². The van der Waals surface area contributed by atoms with Crippen molar-refractivity contribution in [3.63, 3.8) is 0 Å². The van der Waals surface area contributed by atoms with Gasteiger partial charge in [-0.2, -0.15) is 0 Å². The van der Waals surface area contributed by atoms with Crippen LogP contribution in [0.4, 0.5) is 0 Å². The first-order valence-corrected chi connectivity index (χ1v) is 21.8. The summed E-state index contributed by atoms with van der Waals surface area (Å²) >= 11 is 0. The fourth-order valence-electron chi connectivity index (χ4n) is 7.62. The molecule has 7 amide bonds. The Morgan fingerprint density at radius 2 is 1.48 bits per heavy atom. The Kier molecular flexibility index (Phi) is 19.2.